The van der Waals surface area contributed by atoms with E-state index in [0.717, 1.165) is 75.8 Å². The Balaban J connectivity index is 0.986. The standard InChI is InChI=1S/C31H41N9O4/c1-18(2)26-15-33-40-27(26)36-29(34-21-7-9-43-10-8-21)37-30(40)35-22-12-23-5-6-24(13-22)39(23)31(42)44-25-16-38(17-25)28(41)20(14-32)11-19-3-4-19/h11,15,18-19,21-25H,3-10,12-13,16-17H2,1-2H3,(H2,34,35,36,37)/b20-11-. The molecule has 2 aromatic rings. The number of anilines is 2. The van der Waals surface area contributed by atoms with E-state index in [1.54, 1.807) is 15.5 Å². The molecule has 234 valence electrons. The molecular weight excluding hydrogens is 562 g/mol. The molecule has 4 saturated heterocycles. The van der Waals surface area contributed by atoms with Crippen molar-refractivity contribution in [3.8, 4) is 6.07 Å². The van der Waals surface area contributed by atoms with Gasteiger partial charge in [0, 0.05) is 42.9 Å². The first kappa shape index (κ1) is 28.8. The lowest BCUT2D eigenvalue weighted by atomic mass is 9.98. The molecule has 0 radical (unpaired) electrons. The van der Waals surface area contributed by atoms with Crippen molar-refractivity contribution in [3.63, 3.8) is 0 Å². The van der Waals surface area contributed by atoms with Gasteiger partial charge in [-0.1, -0.05) is 19.9 Å². The van der Waals surface area contributed by atoms with E-state index in [1.807, 2.05) is 17.2 Å². The minimum Gasteiger partial charge on any atom is -0.442 e. The molecule has 13 nitrogen and oxygen atoms in total. The molecule has 44 heavy (non-hydrogen) atoms. The number of carbonyl (C=O) groups is 2. The first-order valence-corrected chi connectivity index (χ1v) is 16.1. The van der Waals surface area contributed by atoms with E-state index in [1.165, 1.54) is 0 Å². The van der Waals surface area contributed by atoms with Gasteiger partial charge in [-0.15, -0.1) is 0 Å². The number of amides is 2. The predicted octanol–water partition coefficient (Wildman–Crippen LogP) is 3.45. The molecule has 13 heteroatoms. The number of nitriles is 1. The molecule has 0 spiro atoms. The van der Waals surface area contributed by atoms with Gasteiger partial charge in [-0.25, -0.2) is 4.79 Å². The van der Waals surface area contributed by atoms with Crippen LogP contribution in [-0.2, 0) is 14.3 Å². The molecule has 2 bridgehead atoms. The Bertz CT molecular complexity index is 1470. The summed E-state index contributed by atoms with van der Waals surface area (Å²) in [6.45, 7) is 6.40. The van der Waals surface area contributed by atoms with Gasteiger partial charge in [-0.2, -0.15) is 24.8 Å². The molecule has 1 aliphatic carbocycles. The summed E-state index contributed by atoms with van der Waals surface area (Å²) >= 11 is 0. The van der Waals surface area contributed by atoms with Crippen LogP contribution in [0.5, 0.6) is 0 Å². The number of fused-ring (bicyclic) bond motifs is 3. The summed E-state index contributed by atoms with van der Waals surface area (Å²) in [6.07, 6.45) is 10.3. The van der Waals surface area contributed by atoms with Gasteiger partial charge in [-0.3, -0.25) is 4.79 Å². The molecule has 5 aliphatic rings. The first-order valence-electron chi connectivity index (χ1n) is 16.1. The summed E-state index contributed by atoms with van der Waals surface area (Å²) in [5.74, 6) is 1.61. The highest BCUT2D eigenvalue weighted by atomic mass is 16.6. The molecule has 7 rings (SSSR count). The highest BCUT2D eigenvalue weighted by Crippen LogP contribution is 2.38. The van der Waals surface area contributed by atoms with Crippen molar-refractivity contribution < 1.29 is 19.1 Å². The summed E-state index contributed by atoms with van der Waals surface area (Å²) in [5.41, 5.74) is 2.07. The molecule has 2 amide bonds. The van der Waals surface area contributed by atoms with E-state index in [2.05, 4.69) is 29.6 Å². The summed E-state index contributed by atoms with van der Waals surface area (Å²) in [6, 6.07) is 2.57. The van der Waals surface area contributed by atoms with Gasteiger partial charge < -0.3 is 29.9 Å². The number of nitrogens with zero attached hydrogens (tertiary/aromatic N) is 7. The van der Waals surface area contributed by atoms with Crippen molar-refractivity contribution in [3.05, 3.63) is 23.4 Å². The van der Waals surface area contributed by atoms with E-state index in [0.29, 0.717) is 30.9 Å². The summed E-state index contributed by atoms with van der Waals surface area (Å²) in [4.78, 5) is 39.2. The third-order valence-corrected chi connectivity index (χ3v) is 9.63. The van der Waals surface area contributed by atoms with Crippen LogP contribution in [0.1, 0.15) is 76.7 Å². The van der Waals surface area contributed by atoms with Crippen molar-refractivity contribution in [1.82, 2.24) is 29.4 Å². The fourth-order valence-electron chi connectivity index (χ4n) is 6.97. The Morgan fingerprint density at radius 2 is 1.77 bits per heavy atom. The monoisotopic (exact) mass is 603 g/mol. The smallest absolute Gasteiger partial charge is 0.410 e. The molecule has 6 heterocycles. The van der Waals surface area contributed by atoms with Gasteiger partial charge in [0.2, 0.25) is 11.9 Å². The average molecular weight is 604 g/mol. The Kier molecular flexibility index (Phi) is 7.78. The van der Waals surface area contributed by atoms with E-state index in [4.69, 9.17) is 19.4 Å². The van der Waals surface area contributed by atoms with Crippen molar-refractivity contribution in [2.75, 3.05) is 36.9 Å². The van der Waals surface area contributed by atoms with Crippen LogP contribution in [0.25, 0.3) is 5.65 Å². The third kappa shape index (κ3) is 5.79. The Hall–Kier alpha value is -3.92. The van der Waals surface area contributed by atoms with Crippen molar-refractivity contribution >= 4 is 29.5 Å². The molecular formula is C31H41N9O4. The van der Waals surface area contributed by atoms with Gasteiger partial charge in [0.15, 0.2) is 5.65 Å². The molecule has 0 aromatic carbocycles. The molecule has 2 unspecified atom stereocenters. The zero-order valence-corrected chi connectivity index (χ0v) is 25.4. The number of rotatable bonds is 8. The lowest BCUT2D eigenvalue weighted by Gasteiger charge is -2.42. The van der Waals surface area contributed by atoms with Crippen LogP contribution in [0.3, 0.4) is 0 Å². The molecule has 4 aliphatic heterocycles. The van der Waals surface area contributed by atoms with E-state index >= 15 is 0 Å². The second-order valence-electron chi connectivity index (χ2n) is 13.2. The van der Waals surface area contributed by atoms with Crippen molar-refractivity contribution in [2.24, 2.45) is 5.92 Å². The molecule has 2 atom stereocenters. The fourth-order valence-corrected chi connectivity index (χ4v) is 6.97. The predicted molar refractivity (Wildman–Crippen MR) is 161 cm³/mol. The second kappa shape index (κ2) is 11.9. The highest BCUT2D eigenvalue weighted by molar-refractivity contribution is 5.97. The SMILES string of the molecule is CC(C)c1cnn2c(NC3CC4CCC(C3)N4C(=O)OC3CN(C(=O)/C(C#N)=C\C4CC4)C3)nc(NC3CCOCC3)nc12. The quantitative estimate of drug-likeness (QED) is 0.339. The van der Waals surface area contributed by atoms with Gasteiger partial charge in [0.05, 0.1) is 19.3 Å². The number of piperidine rings is 1. The van der Waals surface area contributed by atoms with Gasteiger partial charge >= 0.3 is 6.09 Å². The zero-order valence-electron chi connectivity index (χ0n) is 25.4. The summed E-state index contributed by atoms with van der Waals surface area (Å²) in [5, 5.41) is 21.2. The van der Waals surface area contributed by atoms with Crippen LogP contribution in [0.4, 0.5) is 16.7 Å². The Morgan fingerprint density at radius 3 is 2.43 bits per heavy atom. The van der Waals surface area contributed by atoms with E-state index < -0.39 is 0 Å². The maximum atomic E-state index is 13.3. The minimum absolute atomic E-state index is 0.0734. The first-order chi connectivity index (χ1) is 21.4. The third-order valence-electron chi connectivity index (χ3n) is 9.63. The summed E-state index contributed by atoms with van der Waals surface area (Å²) < 4.78 is 13.2. The normalized spacial score (nSPS) is 26.0. The zero-order chi connectivity index (χ0) is 30.4. The van der Waals surface area contributed by atoms with Gasteiger partial charge in [-0.05, 0) is 63.2 Å². The number of aromatic nitrogens is 4. The topological polar surface area (TPSA) is 150 Å². The summed E-state index contributed by atoms with van der Waals surface area (Å²) in [7, 11) is 0. The van der Waals surface area contributed by atoms with Crippen LogP contribution >= 0.6 is 0 Å². The van der Waals surface area contributed by atoms with E-state index in [9.17, 15) is 14.9 Å². The Labute approximate surface area is 257 Å². The number of nitrogens with one attached hydrogen (secondary N) is 2. The fraction of sp³-hybridized carbons (Fsp3) is 0.677. The Morgan fingerprint density at radius 1 is 1.05 bits per heavy atom. The van der Waals surface area contributed by atoms with Crippen molar-refractivity contribution in [2.45, 2.75) is 101 Å². The van der Waals surface area contributed by atoms with Crippen LogP contribution in [-0.4, -0.2) is 98.0 Å². The highest BCUT2D eigenvalue weighted by Gasteiger charge is 2.46. The van der Waals surface area contributed by atoms with Crippen LogP contribution in [0.15, 0.2) is 17.8 Å². The van der Waals surface area contributed by atoms with Crippen LogP contribution in [0, 0.1) is 17.2 Å². The number of hydrogen-bond donors (Lipinski definition) is 2. The van der Waals surface area contributed by atoms with Crippen LogP contribution in [0.2, 0.25) is 0 Å². The van der Waals surface area contributed by atoms with Crippen LogP contribution < -0.4 is 10.6 Å². The number of ether oxygens (including phenoxy) is 2. The second-order valence-corrected chi connectivity index (χ2v) is 13.2. The van der Waals surface area contributed by atoms with Gasteiger partial charge in [0.1, 0.15) is 17.7 Å². The number of carbonyl (C=O) groups excluding carboxylic acids is 2. The lowest BCUT2D eigenvalue weighted by molar-refractivity contribution is -0.137. The maximum absolute atomic E-state index is 13.3. The number of allylic oxidation sites excluding steroid dienone is 1. The largest absolute Gasteiger partial charge is 0.442 e. The van der Waals surface area contributed by atoms with E-state index in [-0.39, 0.29) is 53.8 Å². The lowest BCUT2D eigenvalue weighted by Crippen LogP contribution is -2.58. The van der Waals surface area contributed by atoms with Crippen molar-refractivity contribution in [1.29, 1.82) is 5.26 Å². The molecule has 1 saturated carbocycles. The average Bonchev–Trinajstić information content (AvgIpc) is 3.64. The number of hydrogen-bond acceptors (Lipinski definition) is 10. The molecule has 2 N–H and O–H groups in total. The molecule has 2 aromatic heterocycles. The minimum atomic E-state index is -0.339. The molecule has 5 fully saturated rings. The van der Waals surface area contributed by atoms with Gasteiger partial charge in [0.25, 0.3) is 5.91 Å². The number of likely N-dealkylation sites (tertiary alicyclic amines) is 1. The maximum Gasteiger partial charge on any atom is 0.410 e.